The minimum atomic E-state index is -1.67. The Morgan fingerprint density at radius 3 is 1.22 bits per heavy atom. The molecule has 430 valence electrons. The summed E-state index contributed by atoms with van der Waals surface area (Å²) in [5, 5.41) is 76.1. The highest BCUT2D eigenvalue weighted by Crippen LogP contribution is 2.23. The highest BCUT2D eigenvalue weighted by molar-refractivity contribution is 5.80. The van der Waals surface area contributed by atoms with Gasteiger partial charge in [0.2, 0.25) is 5.91 Å². The number of amides is 1. The van der Waals surface area contributed by atoms with Crippen molar-refractivity contribution in [3.05, 3.63) is 36.5 Å². The molecule has 0 spiro atoms. The average molecular weight is 1040 g/mol. The minimum absolute atomic E-state index is 0.237. The lowest BCUT2D eigenvalue weighted by molar-refractivity contribution is -0.303. The van der Waals surface area contributed by atoms with Crippen molar-refractivity contribution in [2.75, 3.05) is 13.2 Å². The van der Waals surface area contributed by atoms with E-state index in [1.807, 2.05) is 0 Å². The Kier molecular flexibility index (Phi) is 48.5. The molecule has 0 aromatic rings. The van der Waals surface area contributed by atoms with E-state index in [0.29, 0.717) is 19.3 Å². The van der Waals surface area contributed by atoms with Crippen molar-refractivity contribution in [3.8, 4) is 0 Å². The molecule has 1 aliphatic rings. The third kappa shape index (κ3) is 39.4. The maximum atomic E-state index is 13.2. The van der Waals surface area contributed by atoms with E-state index in [-0.39, 0.29) is 12.8 Å². The molecule has 0 bridgehead atoms. The molecule has 0 aromatic carbocycles. The Bertz CT molecular complexity index is 1280. The predicted octanol–water partition coefficient (Wildman–Crippen LogP) is 13.5. The van der Waals surface area contributed by atoms with Gasteiger partial charge in [0.1, 0.15) is 36.6 Å². The number of unbranched alkanes of at least 4 members (excludes halogenated alkanes) is 35. The van der Waals surface area contributed by atoms with Crippen LogP contribution in [-0.4, -0.2) is 110 Å². The number of rotatable bonds is 53. The minimum Gasteiger partial charge on any atom is -0.394 e. The van der Waals surface area contributed by atoms with Crippen LogP contribution in [-0.2, 0) is 14.3 Å². The molecular weight excluding hydrogens is 919 g/mol. The second-order valence-corrected chi connectivity index (χ2v) is 21.8. The smallest absolute Gasteiger partial charge is 0.249 e. The van der Waals surface area contributed by atoms with Crippen molar-refractivity contribution in [1.82, 2.24) is 5.32 Å². The lowest BCUT2D eigenvalue weighted by Crippen LogP contribution is -2.60. The zero-order chi connectivity index (χ0) is 53.3. The molecule has 8 N–H and O–H groups in total. The number of hydrogen-bond acceptors (Lipinski definition) is 10. The van der Waals surface area contributed by atoms with Crippen LogP contribution in [0.1, 0.15) is 284 Å². The third-order valence-corrected chi connectivity index (χ3v) is 14.9. The molecule has 9 unspecified atom stereocenters. The van der Waals surface area contributed by atoms with Gasteiger partial charge in [-0.1, -0.05) is 243 Å². The van der Waals surface area contributed by atoms with E-state index in [1.165, 1.54) is 186 Å². The second kappa shape index (κ2) is 51.1. The topological polar surface area (TPSA) is 189 Å². The third-order valence-electron chi connectivity index (χ3n) is 14.9. The summed E-state index contributed by atoms with van der Waals surface area (Å²) in [6, 6.07) is -1.20. The SMILES string of the molecule is CCCCCCCCCCC/C=C\CCCCCCC(O)C(=O)NC(COC1OC(CO)C(O)C(O)C1O)C(O)C(O)CCC/C=C/CC/C=C/CCCCCCCCCCCCCCCCCCCCCC. The van der Waals surface area contributed by atoms with Gasteiger partial charge in [0, 0.05) is 0 Å². The van der Waals surface area contributed by atoms with Crippen molar-refractivity contribution < 1.29 is 50.0 Å². The molecule has 1 saturated heterocycles. The molecule has 0 radical (unpaired) electrons. The molecular formula is C62H117NO10. The van der Waals surface area contributed by atoms with Crippen LogP contribution in [0, 0.1) is 0 Å². The molecule has 11 nitrogen and oxygen atoms in total. The Balaban J connectivity index is 2.29. The number of ether oxygens (including phenoxy) is 2. The van der Waals surface area contributed by atoms with Crippen molar-refractivity contribution in [3.63, 3.8) is 0 Å². The number of nitrogens with one attached hydrogen (secondary N) is 1. The van der Waals surface area contributed by atoms with Gasteiger partial charge >= 0.3 is 0 Å². The van der Waals surface area contributed by atoms with Crippen molar-refractivity contribution in [2.24, 2.45) is 0 Å². The first kappa shape index (κ1) is 69.3. The number of hydrogen-bond donors (Lipinski definition) is 8. The summed E-state index contributed by atoms with van der Waals surface area (Å²) in [6.45, 7) is 3.46. The Morgan fingerprint density at radius 1 is 0.466 bits per heavy atom. The summed E-state index contributed by atoms with van der Waals surface area (Å²) in [5.74, 6) is -0.717. The number of carbonyl (C=O) groups excluding carboxylic acids is 1. The fourth-order valence-corrected chi connectivity index (χ4v) is 9.87. The van der Waals surface area contributed by atoms with Crippen LogP contribution in [0.3, 0.4) is 0 Å². The van der Waals surface area contributed by atoms with Gasteiger partial charge < -0.3 is 50.5 Å². The van der Waals surface area contributed by atoms with Crippen LogP contribution in [0.15, 0.2) is 36.5 Å². The monoisotopic (exact) mass is 1040 g/mol. The first-order valence-electron chi connectivity index (χ1n) is 30.9. The number of aliphatic hydroxyl groups excluding tert-OH is 7. The lowest BCUT2D eigenvalue weighted by atomic mass is 9.98. The van der Waals surface area contributed by atoms with Crippen LogP contribution in [0.2, 0.25) is 0 Å². The summed E-state index contributed by atoms with van der Waals surface area (Å²) in [4.78, 5) is 13.2. The maximum Gasteiger partial charge on any atom is 0.249 e. The Labute approximate surface area is 447 Å². The summed E-state index contributed by atoms with van der Waals surface area (Å²) >= 11 is 0. The zero-order valence-corrected chi connectivity index (χ0v) is 47.1. The molecule has 0 aromatic heterocycles. The normalized spacial score (nSPS) is 20.2. The van der Waals surface area contributed by atoms with Crippen molar-refractivity contribution in [1.29, 1.82) is 0 Å². The fourth-order valence-electron chi connectivity index (χ4n) is 9.87. The first-order chi connectivity index (χ1) is 35.7. The standard InChI is InChI=1S/C62H117NO10/c1-3-5-7-9-11-13-15-17-19-21-22-23-24-25-26-27-28-29-30-31-32-34-35-37-39-41-43-45-47-49-54(65)57(67)53(52-72-62-60(70)59(69)58(68)56(51-64)73-62)63-61(71)55(66)50-48-46-44-42-40-38-36-33-20-18-16-14-12-10-8-6-4-2/h34-36,38,41,43,53-60,62,64-70H,3-33,37,39-40,42,44-52H2,1-2H3,(H,63,71)/b35-34+,38-36-,43-41+. The van der Waals surface area contributed by atoms with E-state index in [4.69, 9.17) is 9.47 Å². The van der Waals surface area contributed by atoms with Crippen molar-refractivity contribution >= 4 is 5.91 Å². The van der Waals surface area contributed by atoms with Crippen LogP contribution in [0.5, 0.6) is 0 Å². The van der Waals surface area contributed by atoms with Gasteiger partial charge in [0.05, 0.1) is 25.4 Å². The molecule has 1 aliphatic heterocycles. The van der Waals surface area contributed by atoms with Gasteiger partial charge in [-0.3, -0.25) is 4.79 Å². The van der Waals surface area contributed by atoms with Crippen LogP contribution in [0.4, 0.5) is 0 Å². The van der Waals surface area contributed by atoms with E-state index in [0.717, 1.165) is 51.4 Å². The summed E-state index contributed by atoms with van der Waals surface area (Å²) in [7, 11) is 0. The summed E-state index contributed by atoms with van der Waals surface area (Å²) in [6.07, 6.45) is 52.2. The van der Waals surface area contributed by atoms with Gasteiger partial charge in [0.15, 0.2) is 6.29 Å². The molecule has 1 heterocycles. The first-order valence-corrected chi connectivity index (χ1v) is 30.9. The highest BCUT2D eigenvalue weighted by Gasteiger charge is 2.44. The quantitative estimate of drug-likeness (QED) is 0.0215. The number of aliphatic hydroxyl groups is 7. The van der Waals surface area contributed by atoms with Gasteiger partial charge in [-0.25, -0.2) is 0 Å². The molecule has 0 aliphatic carbocycles. The molecule has 1 amide bonds. The number of allylic oxidation sites excluding steroid dienone is 6. The van der Waals surface area contributed by atoms with E-state index < -0.39 is 74.2 Å². The predicted molar refractivity (Wildman–Crippen MR) is 302 cm³/mol. The second-order valence-electron chi connectivity index (χ2n) is 21.8. The Hall–Kier alpha value is -1.67. The van der Waals surface area contributed by atoms with E-state index in [9.17, 15) is 40.5 Å². The van der Waals surface area contributed by atoms with Gasteiger partial charge in [-0.15, -0.1) is 0 Å². The maximum absolute atomic E-state index is 13.2. The van der Waals surface area contributed by atoms with Gasteiger partial charge in [-0.05, 0) is 77.0 Å². The molecule has 11 heteroatoms. The fraction of sp³-hybridized carbons (Fsp3) is 0.887. The van der Waals surface area contributed by atoms with Gasteiger partial charge in [-0.2, -0.15) is 0 Å². The molecule has 9 atom stereocenters. The molecule has 1 rings (SSSR count). The van der Waals surface area contributed by atoms with E-state index in [1.54, 1.807) is 0 Å². The lowest BCUT2D eigenvalue weighted by Gasteiger charge is -2.40. The number of carbonyl (C=O) groups is 1. The zero-order valence-electron chi connectivity index (χ0n) is 47.1. The van der Waals surface area contributed by atoms with Crippen LogP contribution in [0.25, 0.3) is 0 Å². The van der Waals surface area contributed by atoms with Crippen LogP contribution < -0.4 is 5.32 Å². The molecule has 73 heavy (non-hydrogen) atoms. The molecule has 0 saturated carbocycles. The average Bonchev–Trinajstić information content (AvgIpc) is 3.39. The Morgan fingerprint density at radius 2 is 0.822 bits per heavy atom. The summed E-state index contributed by atoms with van der Waals surface area (Å²) < 4.78 is 11.1. The van der Waals surface area contributed by atoms with Crippen LogP contribution >= 0.6 is 0 Å². The summed E-state index contributed by atoms with van der Waals surface area (Å²) in [5.41, 5.74) is 0. The highest BCUT2D eigenvalue weighted by atomic mass is 16.7. The van der Waals surface area contributed by atoms with E-state index in [2.05, 4.69) is 55.6 Å². The largest absolute Gasteiger partial charge is 0.394 e. The molecule has 1 fully saturated rings. The van der Waals surface area contributed by atoms with Crippen molar-refractivity contribution in [2.45, 2.75) is 339 Å². The van der Waals surface area contributed by atoms with Gasteiger partial charge in [0.25, 0.3) is 0 Å². The van der Waals surface area contributed by atoms with E-state index >= 15 is 0 Å².